The number of aryl methyl sites for hydroxylation is 1. The van der Waals surface area contributed by atoms with Crippen LogP contribution < -0.4 is 5.32 Å². The Bertz CT molecular complexity index is 547. The maximum absolute atomic E-state index is 8.74. The zero-order chi connectivity index (χ0) is 18.5. The van der Waals surface area contributed by atoms with E-state index < -0.39 is 10.4 Å². The second kappa shape index (κ2) is 12.7. The van der Waals surface area contributed by atoms with Crippen molar-refractivity contribution in [2.24, 2.45) is 0 Å². The molecular weight excluding hydrogens is 358 g/mol. The predicted octanol–water partition coefficient (Wildman–Crippen LogP) is 3.92. The van der Waals surface area contributed by atoms with E-state index in [0.29, 0.717) is 0 Å². The maximum atomic E-state index is 8.74. The Balaban J connectivity index is 0.000000550. The van der Waals surface area contributed by atoms with E-state index in [1.807, 2.05) is 0 Å². The first-order valence-electron chi connectivity index (χ1n) is 9.00. The molecule has 1 aromatic rings. The lowest BCUT2D eigenvalue weighted by Crippen LogP contribution is -2.17. The summed E-state index contributed by atoms with van der Waals surface area (Å²) in [6.07, 6.45) is 10.8. The molecule has 1 aliphatic rings. The highest BCUT2D eigenvalue weighted by atomic mass is 32.3. The number of rotatable bonds is 8. The number of benzene rings is 1. The number of hydrogen-bond acceptors (Lipinski definition) is 4. The van der Waals surface area contributed by atoms with Gasteiger partial charge in [0.05, 0.1) is 0 Å². The summed E-state index contributed by atoms with van der Waals surface area (Å²) in [5.74, 6) is 1.77. The van der Waals surface area contributed by atoms with Crippen LogP contribution in [0.3, 0.4) is 0 Å². The van der Waals surface area contributed by atoms with E-state index in [1.54, 1.807) is 5.56 Å². The Labute approximate surface area is 157 Å². The van der Waals surface area contributed by atoms with Gasteiger partial charge in [0.1, 0.15) is 0 Å². The maximum Gasteiger partial charge on any atom is 0.394 e. The molecule has 0 bridgehead atoms. The highest BCUT2D eigenvalue weighted by Gasteiger charge is 2.14. The molecule has 0 amide bonds. The van der Waals surface area contributed by atoms with Crippen LogP contribution in [-0.2, 0) is 16.8 Å². The lowest BCUT2D eigenvalue weighted by molar-refractivity contribution is 0.381. The van der Waals surface area contributed by atoms with Crippen molar-refractivity contribution in [2.75, 3.05) is 18.8 Å². The molecule has 0 aliphatic heterocycles. The smallest absolute Gasteiger partial charge is 0.316 e. The monoisotopic (exact) mass is 389 g/mol. The summed E-state index contributed by atoms with van der Waals surface area (Å²) in [5.41, 5.74) is 3.07. The third-order valence-corrected chi connectivity index (χ3v) is 4.64. The second-order valence-corrected chi connectivity index (χ2v) is 7.80. The first kappa shape index (κ1) is 22.4. The van der Waals surface area contributed by atoms with Gasteiger partial charge in [-0.3, -0.25) is 9.11 Å². The summed E-state index contributed by atoms with van der Waals surface area (Å²) >= 11 is 4.19. The molecule has 1 fully saturated rings. The summed E-state index contributed by atoms with van der Waals surface area (Å²) < 4.78 is 31.6. The highest BCUT2D eigenvalue weighted by Crippen LogP contribution is 2.32. The quantitative estimate of drug-likeness (QED) is 0.307. The van der Waals surface area contributed by atoms with E-state index in [9.17, 15) is 0 Å². The van der Waals surface area contributed by atoms with Crippen molar-refractivity contribution < 1.29 is 17.5 Å². The molecule has 144 valence electrons. The number of thiol groups is 1. The molecule has 1 aromatic carbocycles. The van der Waals surface area contributed by atoms with Gasteiger partial charge in [-0.05, 0) is 55.7 Å². The second-order valence-electron chi connectivity index (χ2n) is 6.46. The van der Waals surface area contributed by atoms with Gasteiger partial charge in [0.2, 0.25) is 0 Å². The average Bonchev–Trinajstić information content (AvgIpc) is 2.58. The number of unbranched alkanes of at least 4 members (excludes halogenated alkanes) is 1. The van der Waals surface area contributed by atoms with Gasteiger partial charge in [0.25, 0.3) is 0 Å². The van der Waals surface area contributed by atoms with E-state index in [2.05, 4.69) is 42.2 Å². The molecule has 0 heterocycles. The fourth-order valence-electron chi connectivity index (χ4n) is 3.18. The van der Waals surface area contributed by atoms with Crippen molar-refractivity contribution in [3.63, 3.8) is 0 Å². The fraction of sp³-hybridized carbons (Fsp3) is 0.667. The van der Waals surface area contributed by atoms with E-state index in [0.717, 1.165) is 24.8 Å². The van der Waals surface area contributed by atoms with Gasteiger partial charge < -0.3 is 5.32 Å². The minimum atomic E-state index is -4.67. The van der Waals surface area contributed by atoms with Gasteiger partial charge >= 0.3 is 10.4 Å². The molecule has 0 spiro atoms. The number of hydrogen-bond donors (Lipinski definition) is 4. The molecule has 25 heavy (non-hydrogen) atoms. The standard InChI is InChI=1S/C18H29NS.H2O4S/c20-15-14-19-13-5-4-6-16-9-11-18(12-10-16)17-7-2-1-3-8-17;1-5(2,3)4/h9-12,17,19-20H,1-8,13-15H2;(H2,1,2,3,4). The Morgan fingerprint density at radius 1 is 1.00 bits per heavy atom. The lowest BCUT2D eigenvalue weighted by atomic mass is 9.84. The summed E-state index contributed by atoms with van der Waals surface area (Å²) in [6.45, 7) is 2.15. The van der Waals surface area contributed by atoms with Crippen LogP contribution in [0.2, 0.25) is 0 Å². The Morgan fingerprint density at radius 2 is 1.60 bits per heavy atom. The van der Waals surface area contributed by atoms with E-state index in [1.165, 1.54) is 56.9 Å². The van der Waals surface area contributed by atoms with Gasteiger partial charge in [0, 0.05) is 12.3 Å². The Morgan fingerprint density at radius 3 is 2.16 bits per heavy atom. The topological polar surface area (TPSA) is 86.6 Å². The predicted molar refractivity (Wildman–Crippen MR) is 106 cm³/mol. The van der Waals surface area contributed by atoms with Crippen LogP contribution in [0.1, 0.15) is 62.0 Å². The molecule has 0 atom stereocenters. The zero-order valence-electron chi connectivity index (χ0n) is 14.7. The van der Waals surface area contributed by atoms with E-state index in [4.69, 9.17) is 17.5 Å². The minimum Gasteiger partial charge on any atom is -0.316 e. The molecule has 7 heteroatoms. The van der Waals surface area contributed by atoms with Crippen molar-refractivity contribution >= 4 is 23.0 Å². The van der Waals surface area contributed by atoms with Crippen LogP contribution in [0.15, 0.2) is 24.3 Å². The fourth-order valence-corrected chi connectivity index (χ4v) is 3.33. The van der Waals surface area contributed by atoms with Gasteiger partial charge in [-0.1, -0.05) is 43.5 Å². The summed E-state index contributed by atoms with van der Waals surface area (Å²) in [6, 6.07) is 9.46. The summed E-state index contributed by atoms with van der Waals surface area (Å²) in [7, 11) is -4.67. The summed E-state index contributed by atoms with van der Waals surface area (Å²) in [4.78, 5) is 0. The van der Waals surface area contributed by atoms with Gasteiger partial charge in [0.15, 0.2) is 0 Å². The largest absolute Gasteiger partial charge is 0.394 e. The van der Waals surface area contributed by atoms with Crippen molar-refractivity contribution in [1.29, 1.82) is 0 Å². The highest BCUT2D eigenvalue weighted by molar-refractivity contribution is 7.80. The Hall–Kier alpha value is -0.600. The molecule has 0 aromatic heterocycles. The first-order valence-corrected chi connectivity index (χ1v) is 11.0. The molecule has 0 radical (unpaired) electrons. The number of nitrogens with one attached hydrogen (secondary N) is 1. The average molecular weight is 390 g/mol. The third-order valence-electron chi connectivity index (χ3n) is 4.41. The van der Waals surface area contributed by atoms with Gasteiger partial charge in [-0.2, -0.15) is 21.0 Å². The molecule has 1 saturated carbocycles. The molecule has 0 unspecified atom stereocenters. The lowest BCUT2D eigenvalue weighted by Gasteiger charge is -2.22. The molecule has 3 N–H and O–H groups in total. The van der Waals surface area contributed by atoms with Crippen molar-refractivity contribution in [3.05, 3.63) is 35.4 Å². The van der Waals surface area contributed by atoms with Crippen LogP contribution in [0.4, 0.5) is 0 Å². The molecule has 0 saturated heterocycles. The van der Waals surface area contributed by atoms with Crippen LogP contribution in [0.25, 0.3) is 0 Å². The molecule has 1 aliphatic carbocycles. The van der Waals surface area contributed by atoms with Gasteiger partial charge in [-0.25, -0.2) is 0 Å². The normalized spacial score (nSPS) is 15.5. The van der Waals surface area contributed by atoms with Gasteiger partial charge in [-0.15, -0.1) is 0 Å². The van der Waals surface area contributed by atoms with Crippen molar-refractivity contribution in [1.82, 2.24) is 5.32 Å². The van der Waals surface area contributed by atoms with Crippen LogP contribution in [-0.4, -0.2) is 36.4 Å². The van der Waals surface area contributed by atoms with Crippen molar-refractivity contribution in [2.45, 2.75) is 57.3 Å². The molecule has 2 rings (SSSR count). The van der Waals surface area contributed by atoms with E-state index in [-0.39, 0.29) is 0 Å². The minimum absolute atomic E-state index is 0.836. The summed E-state index contributed by atoms with van der Waals surface area (Å²) in [5, 5.41) is 3.40. The Kier molecular flexibility index (Phi) is 11.4. The SMILES string of the molecule is O=S(=O)(O)O.SCCNCCCCc1ccc(C2CCCCC2)cc1. The van der Waals surface area contributed by atoms with Crippen LogP contribution in [0, 0.1) is 0 Å². The zero-order valence-corrected chi connectivity index (χ0v) is 16.4. The third kappa shape index (κ3) is 12.4. The first-order chi connectivity index (χ1) is 11.9. The van der Waals surface area contributed by atoms with Crippen molar-refractivity contribution in [3.8, 4) is 0 Å². The molecular formula is C18H31NO4S2. The molecule has 5 nitrogen and oxygen atoms in total. The van der Waals surface area contributed by atoms with Crippen LogP contribution >= 0.6 is 12.6 Å². The van der Waals surface area contributed by atoms with Crippen LogP contribution in [0.5, 0.6) is 0 Å². The van der Waals surface area contributed by atoms with E-state index >= 15 is 0 Å².